The molecule has 3 rings (SSSR count). The highest BCUT2D eigenvalue weighted by Crippen LogP contribution is 2.25. The Morgan fingerprint density at radius 2 is 1.58 bits per heavy atom. The molecule has 0 saturated carbocycles. The van der Waals surface area contributed by atoms with Gasteiger partial charge >= 0.3 is 0 Å². The van der Waals surface area contributed by atoms with Crippen LogP contribution >= 0.6 is 35.0 Å². The average molecular weight is 548 g/mol. The third-order valence-corrected chi connectivity index (χ3v) is 7.17. The van der Waals surface area contributed by atoms with Crippen LogP contribution in [0.5, 0.6) is 0 Å². The molecule has 4 nitrogen and oxygen atoms in total. The molecule has 0 saturated heterocycles. The Balaban J connectivity index is 1.86. The second kappa shape index (κ2) is 13.7. The van der Waals surface area contributed by atoms with E-state index in [0.717, 1.165) is 16.7 Å². The Kier molecular flexibility index (Phi) is 10.7. The van der Waals surface area contributed by atoms with Gasteiger partial charge in [-0.25, -0.2) is 4.39 Å². The molecule has 0 aliphatic carbocycles. The number of carbonyl (C=O) groups excluding carboxylic acids is 2. The summed E-state index contributed by atoms with van der Waals surface area (Å²) in [7, 11) is 0. The number of hydrogen-bond donors (Lipinski definition) is 1. The van der Waals surface area contributed by atoms with Crippen molar-refractivity contribution < 1.29 is 14.0 Å². The van der Waals surface area contributed by atoms with Crippen molar-refractivity contribution in [1.29, 1.82) is 0 Å². The number of halogens is 3. The SMILES string of the molecule is CC(C)NC(=O)C(Cc1ccccc1)N(Cc1ccc(Cl)c(Cl)c1)C(=O)CSCc1ccc(F)cc1. The van der Waals surface area contributed by atoms with Crippen LogP contribution in [0.3, 0.4) is 0 Å². The molecule has 2 amide bonds. The summed E-state index contributed by atoms with van der Waals surface area (Å²) in [6, 6.07) is 20.3. The summed E-state index contributed by atoms with van der Waals surface area (Å²) in [6.07, 6.45) is 0.370. The van der Waals surface area contributed by atoms with Crippen molar-refractivity contribution in [3.05, 3.63) is 105 Å². The van der Waals surface area contributed by atoms with Crippen molar-refractivity contribution in [2.24, 2.45) is 0 Å². The minimum atomic E-state index is -0.719. The van der Waals surface area contributed by atoms with Crippen LogP contribution in [0.25, 0.3) is 0 Å². The van der Waals surface area contributed by atoms with Gasteiger partial charge in [-0.3, -0.25) is 9.59 Å². The van der Waals surface area contributed by atoms with Crippen LogP contribution in [0.4, 0.5) is 4.39 Å². The van der Waals surface area contributed by atoms with Gasteiger partial charge in [-0.1, -0.05) is 71.7 Å². The smallest absolute Gasteiger partial charge is 0.243 e. The predicted octanol–water partition coefficient (Wildman–Crippen LogP) is 6.53. The fourth-order valence-corrected chi connectivity index (χ4v) is 4.88. The van der Waals surface area contributed by atoms with E-state index in [4.69, 9.17) is 23.2 Å². The highest BCUT2D eigenvalue weighted by atomic mass is 35.5. The van der Waals surface area contributed by atoms with Gasteiger partial charge in [-0.2, -0.15) is 0 Å². The highest BCUT2D eigenvalue weighted by molar-refractivity contribution is 7.99. The van der Waals surface area contributed by atoms with Gasteiger partial charge in [-0.15, -0.1) is 11.8 Å². The summed E-state index contributed by atoms with van der Waals surface area (Å²) < 4.78 is 13.2. The number of hydrogen-bond acceptors (Lipinski definition) is 3. The predicted molar refractivity (Wildman–Crippen MR) is 147 cm³/mol. The molecule has 1 unspecified atom stereocenters. The molecule has 0 spiro atoms. The second-order valence-electron chi connectivity index (χ2n) is 8.76. The number of rotatable bonds is 11. The van der Waals surface area contributed by atoms with Crippen molar-refractivity contribution in [3.8, 4) is 0 Å². The monoisotopic (exact) mass is 546 g/mol. The highest BCUT2D eigenvalue weighted by Gasteiger charge is 2.30. The third-order valence-electron chi connectivity index (χ3n) is 5.45. The van der Waals surface area contributed by atoms with Crippen molar-refractivity contribution in [3.63, 3.8) is 0 Å². The topological polar surface area (TPSA) is 49.4 Å². The fraction of sp³-hybridized carbons (Fsp3) is 0.286. The van der Waals surface area contributed by atoms with Gasteiger partial charge in [0.2, 0.25) is 11.8 Å². The molecule has 3 aromatic carbocycles. The minimum absolute atomic E-state index is 0.0782. The molecule has 1 atom stereocenters. The molecule has 1 N–H and O–H groups in total. The van der Waals surface area contributed by atoms with Crippen LogP contribution in [0, 0.1) is 5.82 Å². The normalized spacial score (nSPS) is 11.8. The van der Waals surface area contributed by atoms with Crippen LogP contribution < -0.4 is 5.32 Å². The van der Waals surface area contributed by atoms with Crippen molar-refractivity contribution in [2.75, 3.05) is 5.75 Å². The van der Waals surface area contributed by atoms with Crippen LogP contribution in [-0.2, 0) is 28.3 Å². The van der Waals surface area contributed by atoms with Crippen molar-refractivity contribution in [1.82, 2.24) is 10.2 Å². The number of amides is 2. The summed E-state index contributed by atoms with van der Waals surface area (Å²) >= 11 is 13.7. The molecule has 0 radical (unpaired) electrons. The molecular weight excluding hydrogens is 518 g/mol. The Morgan fingerprint density at radius 3 is 2.22 bits per heavy atom. The molecule has 3 aromatic rings. The molecule has 0 aliphatic heterocycles. The molecule has 8 heteroatoms. The lowest BCUT2D eigenvalue weighted by Crippen LogP contribution is -2.52. The zero-order valence-electron chi connectivity index (χ0n) is 20.2. The number of benzene rings is 3. The van der Waals surface area contributed by atoms with Gasteiger partial charge in [0.25, 0.3) is 0 Å². The maximum Gasteiger partial charge on any atom is 0.243 e. The summed E-state index contributed by atoms with van der Waals surface area (Å²) in [5.41, 5.74) is 2.65. The van der Waals surface area contributed by atoms with Crippen molar-refractivity contribution in [2.45, 2.75) is 44.6 Å². The van der Waals surface area contributed by atoms with E-state index in [9.17, 15) is 14.0 Å². The molecule has 0 aliphatic rings. The van der Waals surface area contributed by atoms with Gasteiger partial charge in [0, 0.05) is 24.8 Å². The Hall–Kier alpha value is -2.54. The maximum atomic E-state index is 13.6. The molecule has 36 heavy (non-hydrogen) atoms. The maximum absolute atomic E-state index is 13.6. The molecule has 0 aromatic heterocycles. The first kappa shape index (κ1) is 28.0. The Bertz CT molecular complexity index is 1160. The first-order chi connectivity index (χ1) is 17.2. The van der Waals surface area contributed by atoms with Gasteiger partial charge in [0.05, 0.1) is 15.8 Å². The van der Waals surface area contributed by atoms with E-state index in [1.165, 1.54) is 23.9 Å². The van der Waals surface area contributed by atoms with E-state index in [-0.39, 0.29) is 36.0 Å². The summed E-state index contributed by atoms with van der Waals surface area (Å²) in [5, 5.41) is 3.78. The van der Waals surface area contributed by atoms with Gasteiger partial charge < -0.3 is 10.2 Å². The Labute approximate surface area is 226 Å². The number of carbonyl (C=O) groups is 2. The minimum Gasteiger partial charge on any atom is -0.352 e. The fourth-order valence-electron chi connectivity index (χ4n) is 3.69. The van der Waals surface area contributed by atoms with E-state index in [0.29, 0.717) is 22.2 Å². The molecule has 0 heterocycles. The van der Waals surface area contributed by atoms with Gasteiger partial charge in [0.1, 0.15) is 11.9 Å². The van der Waals surface area contributed by atoms with Gasteiger partial charge in [0.15, 0.2) is 0 Å². The van der Waals surface area contributed by atoms with Crippen LogP contribution in [0.1, 0.15) is 30.5 Å². The average Bonchev–Trinajstić information content (AvgIpc) is 2.85. The van der Waals surface area contributed by atoms with Gasteiger partial charge in [-0.05, 0) is 54.8 Å². The third kappa shape index (κ3) is 8.54. The van der Waals surface area contributed by atoms with E-state index >= 15 is 0 Å². The first-order valence-corrected chi connectivity index (χ1v) is 13.5. The second-order valence-corrected chi connectivity index (χ2v) is 10.6. The first-order valence-electron chi connectivity index (χ1n) is 11.6. The molecule has 0 bridgehead atoms. The zero-order valence-corrected chi connectivity index (χ0v) is 22.5. The number of nitrogens with one attached hydrogen (secondary N) is 1. The van der Waals surface area contributed by atoms with Crippen LogP contribution in [-0.4, -0.2) is 34.6 Å². The molecular formula is C28H29Cl2FN2O2S. The van der Waals surface area contributed by atoms with Crippen LogP contribution in [0.2, 0.25) is 10.0 Å². The van der Waals surface area contributed by atoms with E-state index < -0.39 is 6.04 Å². The quantitative estimate of drug-likeness (QED) is 0.297. The van der Waals surface area contributed by atoms with Crippen molar-refractivity contribution >= 4 is 46.8 Å². The largest absolute Gasteiger partial charge is 0.352 e. The molecule has 0 fully saturated rings. The lowest BCUT2D eigenvalue weighted by Gasteiger charge is -2.32. The van der Waals surface area contributed by atoms with E-state index in [1.54, 1.807) is 35.2 Å². The zero-order chi connectivity index (χ0) is 26.1. The number of thioether (sulfide) groups is 1. The lowest BCUT2D eigenvalue weighted by molar-refractivity contribution is -0.139. The van der Waals surface area contributed by atoms with E-state index in [2.05, 4.69) is 5.32 Å². The Morgan fingerprint density at radius 1 is 0.917 bits per heavy atom. The lowest BCUT2D eigenvalue weighted by atomic mass is 10.0. The number of nitrogens with zero attached hydrogens (tertiary/aromatic N) is 1. The van der Waals surface area contributed by atoms with Crippen LogP contribution in [0.15, 0.2) is 72.8 Å². The summed E-state index contributed by atoms with van der Waals surface area (Å²) in [5.74, 6) is 0.0268. The standard InChI is InChI=1S/C28H29Cl2FN2O2S/c1-19(2)32-28(35)26(15-20-6-4-3-5-7-20)33(16-22-10-13-24(29)25(30)14-22)27(34)18-36-17-21-8-11-23(31)12-9-21/h3-14,19,26H,15-18H2,1-2H3,(H,32,35). The van der Waals surface area contributed by atoms with E-state index in [1.807, 2.05) is 44.2 Å². The summed E-state index contributed by atoms with van der Waals surface area (Å²) in [6.45, 7) is 3.98. The molecule has 190 valence electrons. The summed E-state index contributed by atoms with van der Waals surface area (Å²) in [4.78, 5) is 28.5.